The van der Waals surface area contributed by atoms with E-state index in [1.807, 2.05) is 61.5 Å². The van der Waals surface area contributed by atoms with Crippen LogP contribution < -0.4 is 9.62 Å². The lowest BCUT2D eigenvalue weighted by atomic mass is 9.94. The van der Waals surface area contributed by atoms with Crippen LogP contribution in [0.3, 0.4) is 0 Å². The number of halogens is 1. The van der Waals surface area contributed by atoms with Crippen LogP contribution >= 0.6 is 22.6 Å². The summed E-state index contributed by atoms with van der Waals surface area (Å²) in [6, 6.07) is 23.7. The maximum absolute atomic E-state index is 14.2. The molecule has 4 rings (SSSR count). The molecule has 2 amide bonds. The minimum absolute atomic E-state index is 0.0742. The highest BCUT2D eigenvalue weighted by Crippen LogP contribution is 2.23. The van der Waals surface area contributed by atoms with Gasteiger partial charge in [0.15, 0.2) is 0 Å². The second-order valence-corrected chi connectivity index (χ2v) is 14.0. The lowest BCUT2D eigenvalue weighted by Gasteiger charge is -2.35. The summed E-state index contributed by atoms with van der Waals surface area (Å²) in [7, 11) is -3.78. The summed E-state index contributed by atoms with van der Waals surface area (Å²) < 4.78 is 27.9. The predicted molar refractivity (Wildman–Crippen MR) is 172 cm³/mol. The van der Waals surface area contributed by atoms with Crippen LogP contribution in [0.25, 0.3) is 0 Å². The van der Waals surface area contributed by atoms with E-state index in [4.69, 9.17) is 0 Å². The van der Waals surface area contributed by atoms with Gasteiger partial charge in [-0.25, -0.2) is 8.42 Å². The van der Waals surface area contributed by atoms with E-state index < -0.39 is 28.5 Å². The molecule has 0 aliphatic heterocycles. The number of amides is 2. The van der Waals surface area contributed by atoms with Crippen molar-refractivity contribution in [1.82, 2.24) is 10.2 Å². The molecule has 1 saturated carbocycles. The van der Waals surface area contributed by atoms with Crippen LogP contribution in [0.5, 0.6) is 0 Å². The van der Waals surface area contributed by atoms with Gasteiger partial charge in [-0.1, -0.05) is 79.4 Å². The van der Waals surface area contributed by atoms with Gasteiger partial charge in [-0.05, 0) is 77.7 Å². The third kappa shape index (κ3) is 9.03. The van der Waals surface area contributed by atoms with Gasteiger partial charge in [-0.3, -0.25) is 13.9 Å². The first kappa shape index (κ1) is 31.0. The molecule has 218 valence electrons. The molecule has 0 radical (unpaired) electrons. The Morgan fingerprint density at radius 1 is 0.902 bits per heavy atom. The lowest BCUT2D eigenvalue weighted by Crippen LogP contribution is -2.55. The van der Waals surface area contributed by atoms with Crippen LogP contribution in [0.2, 0.25) is 0 Å². The van der Waals surface area contributed by atoms with E-state index >= 15 is 0 Å². The molecule has 0 aromatic heterocycles. The Kier molecular flexibility index (Phi) is 10.8. The van der Waals surface area contributed by atoms with Crippen LogP contribution in [0.4, 0.5) is 5.69 Å². The zero-order valence-electron chi connectivity index (χ0n) is 23.6. The molecule has 41 heavy (non-hydrogen) atoms. The highest BCUT2D eigenvalue weighted by atomic mass is 127. The van der Waals surface area contributed by atoms with Crippen molar-refractivity contribution in [2.45, 2.75) is 64.1 Å². The fourth-order valence-corrected chi connectivity index (χ4v) is 6.42. The van der Waals surface area contributed by atoms with Crippen molar-refractivity contribution < 1.29 is 18.0 Å². The van der Waals surface area contributed by atoms with E-state index in [1.165, 1.54) is 0 Å². The van der Waals surface area contributed by atoms with Crippen LogP contribution in [0.1, 0.15) is 48.8 Å². The second-order valence-electron chi connectivity index (χ2n) is 10.8. The van der Waals surface area contributed by atoms with Gasteiger partial charge in [0.25, 0.3) is 0 Å². The largest absolute Gasteiger partial charge is 0.352 e. The highest BCUT2D eigenvalue weighted by molar-refractivity contribution is 14.1. The fraction of sp³-hybridized carbons (Fsp3) is 0.375. The zero-order valence-corrected chi connectivity index (χ0v) is 26.6. The van der Waals surface area contributed by atoms with Crippen LogP contribution in [-0.2, 0) is 32.6 Å². The molecule has 1 N–H and O–H groups in total. The molecule has 0 spiro atoms. The topological polar surface area (TPSA) is 86.8 Å². The maximum atomic E-state index is 14.2. The average molecular weight is 688 g/mol. The Hall–Kier alpha value is -2.92. The summed E-state index contributed by atoms with van der Waals surface area (Å²) in [6.45, 7) is 1.76. The number of carbonyl (C=O) groups excluding carboxylic acids is 2. The molecule has 1 atom stereocenters. The van der Waals surface area contributed by atoms with Gasteiger partial charge in [0.2, 0.25) is 21.8 Å². The molecule has 3 aromatic carbocycles. The first-order valence-electron chi connectivity index (χ1n) is 14.0. The predicted octanol–water partition coefficient (Wildman–Crippen LogP) is 5.45. The fourth-order valence-electron chi connectivity index (χ4n) is 5.21. The first-order valence-corrected chi connectivity index (χ1v) is 17.0. The molecule has 3 aromatic rings. The van der Waals surface area contributed by atoms with E-state index in [0.29, 0.717) is 12.1 Å². The van der Waals surface area contributed by atoms with Gasteiger partial charge in [-0.15, -0.1) is 0 Å². The molecule has 7 nitrogen and oxygen atoms in total. The van der Waals surface area contributed by atoms with Crippen molar-refractivity contribution in [1.29, 1.82) is 0 Å². The number of aryl methyl sites for hydroxylation is 1. The summed E-state index contributed by atoms with van der Waals surface area (Å²) >= 11 is 2.15. The molecular weight excluding hydrogens is 649 g/mol. The molecule has 9 heteroatoms. The Bertz CT molecular complexity index is 1410. The molecule has 1 unspecified atom stereocenters. The molecule has 0 saturated heterocycles. The van der Waals surface area contributed by atoms with Gasteiger partial charge in [0.05, 0.1) is 11.9 Å². The van der Waals surface area contributed by atoms with Crippen LogP contribution in [0, 0.1) is 10.5 Å². The van der Waals surface area contributed by atoms with Crippen LogP contribution in [0.15, 0.2) is 78.9 Å². The van der Waals surface area contributed by atoms with Gasteiger partial charge < -0.3 is 10.2 Å². The van der Waals surface area contributed by atoms with Gasteiger partial charge >= 0.3 is 0 Å². The average Bonchev–Trinajstić information content (AvgIpc) is 2.95. The van der Waals surface area contributed by atoms with Gasteiger partial charge in [-0.2, -0.15) is 0 Å². The van der Waals surface area contributed by atoms with Crippen LogP contribution in [-0.4, -0.2) is 50.0 Å². The number of nitrogens with one attached hydrogen (secondary N) is 1. The number of anilines is 1. The Balaban J connectivity index is 1.71. The number of benzene rings is 3. The Morgan fingerprint density at radius 3 is 2.15 bits per heavy atom. The van der Waals surface area contributed by atoms with Crippen molar-refractivity contribution in [3.63, 3.8) is 0 Å². The van der Waals surface area contributed by atoms with Crippen molar-refractivity contribution >= 4 is 50.1 Å². The standard InChI is InChI=1S/C32H38IN3O4S/c1-24-13-15-26(16-14-24)22-35(31(37)23-36(41(2,39)40)29-19-17-27(33)18-20-29)30(21-25-9-5-3-6-10-25)32(38)34-28-11-7-4-8-12-28/h3,5-6,9-10,13-20,28,30H,4,7-8,11-12,21-23H2,1-2H3,(H,34,38). The molecule has 1 aliphatic carbocycles. The summed E-state index contributed by atoms with van der Waals surface area (Å²) in [5.74, 6) is -0.643. The smallest absolute Gasteiger partial charge is 0.244 e. The SMILES string of the molecule is Cc1ccc(CN(C(=O)CN(c2ccc(I)cc2)S(C)(=O)=O)C(Cc2ccccc2)C(=O)NC2CCCCC2)cc1. The van der Waals surface area contributed by atoms with E-state index in [2.05, 4.69) is 27.9 Å². The second kappa shape index (κ2) is 14.3. The third-order valence-electron chi connectivity index (χ3n) is 7.49. The highest BCUT2D eigenvalue weighted by Gasteiger charge is 2.34. The van der Waals surface area contributed by atoms with E-state index in [1.54, 1.807) is 29.2 Å². The number of sulfonamides is 1. The lowest BCUT2D eigenvalue weighted by molar-refractivity contribution is -0.140. The van der Waals surface area contributed by atoms with Crippen molar-refractivity contribution in [2.24, 2.45) is 0 Å². The molecule has 0 heterocycles. The minimum Gasteiger partial charge on any atom is -0.352 e. The Morgan fingerprint density at radius 2 is 1.54 bits per heavy atom. The first-order chi connectivity index (χ1) is 19.6. The third-order valence-corrected chi connectivity index (χ3v) is 9.35. The number of carbonyl (C=O) groups is 2. The van der Waals surface area contributed by atoms with Gasteiger partial charge in [0.1, 0.15) is 12.6 Å². The van der Waals surface area contributed by atoms with E-state index in [9.17, 15) is 18.0 Å². The van der Waals surface area contributed by atoms with E-state index in [-0.39, 0.29) is 18.5 Å². The normalized spacial score (nSPS) is 14.7. The Labute approximate surface area is 257 Å². The maximum Gasteiger partial charge on any atom is 0.244 e. The number of hydrogen-bond acceptors (Lipinski definition) is 4. The number of rotatable bonds is 11. The van der Waals surface area contributed by atoms with Crippen molar-refractivity contribution in [2.75, 3.05) is 17.1 Å². The molecule has 1 fully saturated rings. The minimum atomic E-state index is -3.78. The van der Waals surface area contributed by atoms with E-state index in [0.717, 1.165) is 62.9 Å². The molecule has 0 bridgehead atoms. The van der Waals surface area contributed by atoms with Crippen molar-refractivity contribution in [3.8, 4) is 0 Å². The zero-order chi connectivity index (χ0) is 29.4. The molecular formula is C32H38IN3O4S. The van der Waals surface area contributed by atoms with Gasteiger partial charge in [0, 0.05) is 22.6 Å². The summed E-state index contributed by atoms with van der Waals surface area (Å²) in [5, 5.41) is 3.23. The summed E-state index contributed by atoms with van der Waals surface area (Å²) in [6.07, 6.45) is 6.56. The molecule has 1 aliphatic rings. The number of hydrogen-bond donors (Lipinski definition) is 1. The quantitative estimate of drug-likeness (QED) is 0.272. The summed E-state index contributed by atoms with van der Waals surface area (Å²) in [5.41, 5.74) is 3.29. The monoisotopic (exact) mass is 687 g/mol. The van der Waals surface area contributed by atoms with Crippen molar-refractivity contribution in [3.05, 3.63) is 99.1 Å². The summed E-state index contributed by atoms with van der Waals surface area (Å²) in [4.78, 5) is 29.7. The number of nitrogens with zero attached hydrogens (tertiary/aromatic N) is 2.